The van der Waals surface area contributed by atoms with Gasteiger partial charge in [-0.2, -0.15) is 4.98 Å². The van der Waals surface area contributed by atoms with Crippen LogP contribution in [0.4, 0.5) is 4.39 Å². The molecule has 0 aliphatic carbocycles. The Bertz CT molecular complexity index is 1190. The van der Waals surface area contributed by atoms with Gasteiger partial charge in [0.15, 0.2) is 16.6 Å². The molecule has 1 unspecified atom stereocenters. The van der Waals surface area contributed by atoms with Gasteiger partial charge in [0.05, 0.1) is 18.7 Å². The normalized spacial score (nSPS) is 16.2. The Balaban J connectivity index is 1.80. The Hall–Kier alpha value is -3.46. The highest BCUT2D eigenvalue weighted by atomic mass is 32.1. The lowest BCUT2D eigenvalue weighted by molar-refractivity contribution is 0.372. The molecule has 0 fully saturated rings. The molecule has 7 nitrogen and oxygen atoms in total. The van der Waals surface area contributed by atoms with Crippen LogP contribution in [-0.2, 0) is 0 Å². The van der Waals surface area contributed by atoms with Gasteiger partial charge in [-0.25, -0.2) is 4.39 Å². The molecule has 1 atom stereocenters. The Morgan fingerprint density at radius 3 is 2.67 bits per heavy atom. The van der Waals surface area contributed by atoms with Crippen molar-refractivity contribution < 1.29 is 18.8 Å². The number of ether oxygens (including phenoxy) is 1. The summed E-state index contributed by atoms with van der Waals surface area (Å²) in [4.78, 5) is 6.62. The quantitative estimate of drug-likeness (QED) is 0.466. The Kier molecular flexibility index (Phi) is 6.60. The zero-order valence-electron chi connectivity index (χ0n) is 18.6. The van der Waals surface area contributed by atoms with Crippen molar-refractivity contribution in [2.75, 3.05) is 13.7 Å². The topological polar surface area (TPSA) is 83.7 Å². The highest BCUT2D eigenvalue weighted by molar-refractivity contribution is 7.80. The number of nitrogens with zero attached hydrogens (tertiary/aromatic N) is 3. The molecule has 9 heteroatoms. The van der Waals surface area contributed by atoms with Gasteiger partial charge in [0.1, 0.15) is 5.82 Å². The Morgan fingerprint density at radius 2 is 2.00 bits per heavy atom. The zero-order chi connectivity index (χ0) is 23.5. The van der Waals surface area contributed by atoms with Crippen LogP contribution in [0.3, 0.4) is 0 Å². The number of unbranched alkanes of at least 4 members (excludes halogenated alkanes) is 1. The summed E-state index contributed by atoms with van der Waals surface area (Å²) >= 11 is 5.66. The molecule has 2 N–H and O–H groups in total. The van der Waals surface area contributed by atoms with E-state index in [9.17, 15) is 9.50 Å². The number of halogens is 1. The number of aromatic nitrogens is 2. The van der Waals surface area contributed by atoms with Crippen LogP contribution in [0.5, 0.6) is 11.5 Å². The predicted octanol–water partition coefficient (Wildman–Crippen LogP) is 5.05. The van der Waals surface area contributed by atoms with Gasteiger partial charge in [-0.3, -0.25) is 0 Å². The molecule has 2 aromatic carbocycles. The van der Waals surface area contributed by atoms with Crippen molar-refractivity contribution in [3.8, 4) is 22.9 Å². The zero-order valence-corrected chi connectivity index (χ0v) is 19.4. The van der Waals surface area contributed by atoms with Crippen molar-refractivity contribution >= 4 is 22.9 Å². The maximum Gasteiger partial charge on any atom is 0.258 e. The molecule has 0 saturated heterocycles. The summed E-state index contributed by atoms with van der Waals surface area (Å²) < 4.78 is 24.2. The number of hydrogen-bond donors (Lipinski definition) is 2. The lowest BCUT2D eigenvalue weighted by atomic mass is 9.94. The van der Waals surface area contributed by atoms with E-state index in [1.807, 2.05) is 17.9 Å². The number of phenolic OH excluding ortho intramolecular Hbond substituents is 1. The van der Waals surface area contributed by atoms with Gasteiger partial charge in [-0.05, 0) is 67.5 Å². The predicted molar refractivity (Wildman–Crippen MR) is 127 cm³/mol. The summed E-state index contributed by atoms with van der Waals surface area (Å²) in [6, 6.07) is 10.7. The summed E-state index contributed by atoms with van der Waals surface area (Å²) in [5.41, 5.74) is 3.05. The fourth-order valence-corrected chi connectivity index (χ4v) is 4.18. The van der Waals surface area contributed by atoms with Crippen molar-refractivity contribution in [3.63, 3.8) is 0 Å². The summed E-state index contributed by atoms with van der Waals surface area (Å²) in [5.74, 6) is 0.737. The van der Waals surface area contributed by atoms with Gasteiger partial charge < -0.3 is 24.6 Å². The summed E-state index contributed by atoms with van der Waals surface area (Å²) in [6.07, 6.45) is 1.98. The number of aromatic hydroxyl groups is 1. The number of thiocarbonyl (C=S) groups is 1. The van der Waals surface area contributed by atoms with E-state index in [2.05, 4.69) is 22.4 Å². The van der Waals surface area contributed by atoms with Crippen molar-refractivity contribution in [3.05, 3.63) is 65.4 Å². The molecule has 3 aromatic rings. The van der Waals surface area contributed by atoms with E-state index in [1.165, 1.54) is 19.2 Å². The summed E-state index contributed by atoms with van der Waals surface area (Å²) in [6.45, 7) is 4.84. The maximum atomic E-state index is 13.3. The Morgan fingerprint density at radius 1 is 1.24 bits per heavy atom. The molecule has 33 heavy (non-hydrogen) atoms. The van der Waals surface area contributed by atoms with Gasteiger partial charge in [0, 0.05) is 17.8 Å². The molecular formula is C24H25FN4O3S. The van der Waals surface area contributed by atoms with E-state index in [4.69, 9.17) is 21.5 Å². The SMILES string of the molecule is CCCCN1C(=S)NC(c2ccc(OC)c(O)c2)C(c2nc(-c3ccc(F)cc3)no2)=C1C. The third kappa shape index (κ3) is 4.54. The van der Waals surface area contributed by atoms with Gasteiger partial charge >= 0.3 is 0 Å². The highest BCUT2D eigenvalue weighted by Gasteiger charge is 2.34. The monoisotopic (exact) mass is 468 g/mol. The maximum absolute atomic E-state index is 13.3. The molecule has 0 bridgehead atoms. The molecule has 1 aromatic heterocycles. The van der Waals surface area contributed by atoms with Crippen LogP contribution in [0, 0.1) is 5.82 Å². The van der Waals surface area contributed by atoms with Gasteiger partial charge in [-0.15, -0.1) is 0 Å². The third-order valence-corrected chi connectivity index (χ3v) is 5.96. The average Bonchev–Trinajstić information content (AvgIpc) is 3.28. The number of phenols is 1. The third-order valence-electron chi connectivity index (χ3n) is 5.63. The largest absolute Gasteiger partial charge is 0.504 e. The number of rotatable bonds is 7. The van der Waals surface area contributed by atoms with Gasteiger partial charge in [-0.1, -0.05) is 24.6 Å². The number of allylic oxidation sites excluding steroid dienone is 1. The number of hydrogen-bond acceptors (Lipinski definition) is 6. The molecule has 2 heterocycles. The highest BCUT2D eigenvalue weighted by Crippen LogP contribution is 2.39. The van der Waals surface area contributed by atoms with E-state index < -0.39 is 6.04 Å². The minimum atomic E-state index is -0.422. The standard InChI is InChI=1S/C24H25FN4O3S/c1-4-5-12-29-14(2)20(23-27-22(28-32-23)15-6-9-17(25)10-7-15)21(26-24(29)33)16-8-11-19(31-3)18(30)13-16/h6-11,13,21,30H,4-5,12H2,1-3H3,(H,26,33). The second kappa shape index (κ2) is 9.58. The van der Waals surface area contributed by atoms with E-state index in [0.717, 1.165) is 36.2 Å². The van der Waals surface area contributed by atoms with E-state index in [0.29, 0.717) is 28.1 Å². The molecule has 1 aliphatic rings. The fraction of sp³-hybridized carbons (Fsp3) is 0.292. The molecule has 0 saturated carbocycles. The minimum absolute atomic E-state index is 0.0191. The summed E-state index contributed by atoms with van der Waals surface area (Å²) in [7, 11) is 1.50. The molecule has 4 rings (SSSR count). The molecule has 0 radical (unpaired) electrons. The van der Waals surface area contributed by atoms with Crippen molar-refractivity contribution in [1.29, 1.82) is 0 Å². The molecule has 0 spiro atoms. The van der Waals surface area contributed by atoms with Crippen molar-refractivity contribution in [1.82, 2.24) is 20.4 Å². The number of nitrogens with one attached hydrogen (secondary N) is 1. The van der Waals surface area contributed by atoms with Gasteiger partial charge in [0.2, 0.25) is 5.82 Å². The molecule has 1 aliphatic heterocycles. The summed E-state index contributed by atoms with van der Waals surface area (Å²) in [5, 5.41) is 18.4. The molecular weight excluding hydrogens is 443 g/mol. The Labute approximate surface area is 196 Å². The first-order valence-electron chi connectivity index (χ1n) is 10.7. The van der Waals surface area contributed by atoms with Crippen LogP contribution in [-0.4, -0.2) is 38.9 Å². The second-order valence-corrected chi connectivity index (χ2v) is 8.13. The number of methoxy groups -OCH3 is 1. The van der Waals surface area contributed by atoms with Crippen LogP contribution in [0.25, 0.3) is 17.0 Å². The first-order valence-corrected chi connectivity index (χ1v) is 11.1. The van der Waals surface area contributed by atoms with Crippen LogP contribution in [0.1, 0.15) is 44.2 Å². The molecule has 172 valence electrons. The van der Waals surface area contributed by atoms with E-state index >= 15 is 0 Å². The van der Waals surface area contributed by atoms with Crippen LogP contribution in [0.2, 0.25) is 0 Å². The van der Waals surface area contributed by atoms with E-state index in [1.54, 1.807) is 24.3 Å². The lowest BCUT2D eigenvalue weighted by Gasteiger charge is -2.37. The van der Waals surface area contributed by atoms with Crippen LogP contribution >= 0.6 is 12.2 Å². The average molecular weight is 469 g/mol. The van der Waals surface area contributed by atoms with Crippen LogP contribution in [0.15, 0.2) is 52.7 Å². The first-order chi connectivity index (χ1) is 15.9. The number of benzene rings is 2. The first kappa shape index (κ1) is 22.7. The van der Waals surface area contributed by atoms with E-state index in [-0.39, 0.29) is 11.6 Å². The van der Waals surface area contributed by atoms with Crippen molar-refractivity contribution in [2.24, 2.45) is 0 Å². The lowest BCUT2D eigenvalue weighted by Crippen LogP contribution is -2.46. The fourth-order valence-electron chi connectivity index (χ4n) is 3.83. The van der Waals surface area contributed by atoms with Crippen LogP contribution < -0.4 is 10.1 Å². The van der Waals surface area contributed by atoms with Crippen molar-refractivity contribution in [2.45, 2.75) is 32.7 Å². The molecule has 0 amide bonds. The minimum Gasteiger partial charge on any atom is -0.504 e. The smallest absolute Gasteiger partial charge is 0.258 e. The second-order valence-electron chi connectivity index (χ2n) is 7.75. The van der Waals surface area contributed by atoms with Gasteiger partial charge in [0.25, 0.3) is 5.89 Å².